The molecule has 1 unspecified atom stereocenters. The Morgan fingerprint density at radius 1 is 1.45 bits per heavy atom. The monoisotopic (exact) mass is 280 g/mol. The number of rotatable bonds is 2. The first-order chi connectivity index (χ1) is 9.43. The van der Waals surface area contributed by atoms with Crippen LogP contribution in [-0.2, 0) is 9.57 Å². The second-order valence-electron chi connectivity index (χ2n) is 5.05. The van der Waals surface area contributed by atoms with E-state index in [1.54, 1.807) is 13.8 Å². The van der Waals surface area contributed by atoms with E-state index in [4.69, 9.17) is 4.74 Å². The number of amides is 1. The van der Waals surface area contributed by atoms with Gasteiger partial charge >= 0.3 is 11.2 Å². The second kappa shape index (κ2) is 5.46. The van der Waals surface area contributed by atoms with Gasteiger partial charge in [0.1, 0.15) is 6.10 Å². The predicted octanol–water partition coefficient (Wildman–Crippen LogP) is 2.17. The number of ether oxygens (including phenoxy) is 1. The molecule has 0 radical (unpaired) electrons. The Morgan fingerprint density at radius 3 is 2.70 bits per heavy atom. The SMILES string of the molecule is CC1(C)C(c2ccccc2)OCCN1C(=O)O[N+](=O)[O-]. The van der Waals surface area contributed by atoms with Gasteiger partial charge in [0, 0.05) is 6.54 Å². The fraction of sp³-hybridized carbons (Fsp3) is 0.462. The van der Waals surface area contributed by atoms with E-state index in [1.165, 1.54) is 4.90 Å². The molecule has 1 aromatic carbocycles. The molecular weight excluding hydrogens is 264 g/mol. The average Bonchev–Trinajstić information content (AvgIpc) is 2.38. The maximum atomic E-state index is 11.8. The number of nitrogens with zero attached hydrogens (tertiary/aromatic N) is 2. The number of hydrogen-bond acceptors (Lipinski definition) is 5. The number of carbonyl (C=O) groups is 1. The Labute approximate surface area is 116 Å². The molecule has 0 saturated carbocycles. The number of morpholine rings is 1. The summed E-state index contributed by atoms with van der Waals surface area (Å²) in [5.41, 5.74) is 0.170. The van der Waals surface area contributed by atoms with Crippen LogP contribution in [0.3, 0.4) is 0 Å². The van der Waals surface area contributed by atoms with Crippen LogP contribution in [-0.4, -0.2) is 34.8 Å². The number of carbonyl (C=O) groups excluding carboxylic acids is 1. The molecule has 1 saturated heterocycles. The van der Waals surface area contributed by atoms with E-state index in [0.29, 0.717) is 6.61 Å². The highest BCUT2D eigenvalue weighted by Crippen LogP contribution is 2.37. The Morgan fingerprint density at radius 2 is 2.10 bits per heavy atom. The van der Waals surface area contributed by atoms with Gasteiger partial charge in [0.2, 0.25) is 0 Å². The van der Waals surface area contributed by atoms with E-state index in [9.17, 15) is 14.9 Å². The van der Waals surface area contributed by atoms with Crippen molar-refractivity contribution in [3.05, 3.63) is 46.0 Å². The van der Waals surface area contributed by atoms with Gasteiger partial charge in [-0.3, -0.25) is 0 Å². The van der Waals surface area contributed by atoms with Crippen LogP contribution < -0.4 is 0 Å². The van der Waals surface area contributed by atoms with E-state index >= 15 is 0 Å². The van der Waals surface area contributed by atoms with Crippen molar-refractivity contribution in [2.45, 2.75) is 25.5 Å². The highest BCUT2D eigenvalue weighted by molar-refractivity contribution is 5.68. The summed E-state index contributed by atoms with van der Waals surface area (Å²) in [7, 11) is 0. The summed E-state index contributed by atoms with van der Waals surface area (Å²) in [6, 6.07) is 9.44. The molecule has 0 N–H and O–H groups in total. The molecule has 0 spiro atoms. The average molecular weight is 280 g/mol. The molecule has 1 heterocycles. The van der Waals surface area contributed by atoms with E-state index in [0.717, 1.165) is 5.56 Å². The molecule has 1 aliphatic rings. The number of benzene rings is 1. The zero-order chi connectivity index (χ0) is 14.8. The minimum Gasteiger partial charge on any atom is -0.369 e. The summed E-state index contributed by atoms with van der Waals surface area (Å²) < 4.78 is 5.75. The molecule has 2 rings (SSSR count). The zero-order valence-corrected chi connectivity index (χ0v) is 11.3. The Hall–Kier alpha value is -2.15. The summed E-state index contributed by atoms with van der Waals surface area (Å²) in [6.07, 6.45) is -1.33. The summed E-state index contributed by atoms with van der Waals surface area (Å²) in [5.74, 6) is 0. The minimum absolute atomic E-state index is 0.253. The summed E-state index contributed by atoms with van der Waals surface area (Å²) >= 11 is 0. The molecule has 20 heavy (non-hydrogen) atoms. The minimum atomic E-state index is -1.09. The van der Waals surface area contributed by atoms with E-state index in [-0.39, 0.29) is 12.6 Å². The van der Waals surface area contributed by atoms with Gasteiger partial charge < -0.3 is 9.64 Å². The third-order valence-corrected chi connectivity index (χ3v) is 3.41. The molecule has 1 amide bonds. The van der Waals surface area contributed by atoms with Crippen LogP contribution in [0.15, 0.2) is 30.3 Å². The third-order valence-electron chi connectivity index (χ3n) is 3.41. The first-order valence-corrected chi connectivity index (χ1v) is 6.23. The lowest BCUT2D eigenvalue weighted by molar-refractivity contribution is -0.729. The van der Waals surface area contributed by atoms with Crippen molar-refractivity contribution in [2.24, 2.45) is 0 Å². The molecule has 1 aromatic rings. The lowest BCUT2D eigenvalue weighted by Crippen LogP contribution is -2.57. The molecule has 108 valence electrons. The van der Waals surface area contributed by atoms with Gasteiger partial charge in [-0.05, 0) is 19.4 Å². The molecule has 0 aromatic heterocycles. The second-order valence-corrected chi connectivity index (χ2v) is 5.05. The van der Waals surface area contributed by atoms with E-state index < -0.39 is 16.7 Å². The van der Waals surface area contributed by atoms with Crippen molar-refractivity contribution < 1.29 is 19.5 Å². The molecule has 1 fully saturated rings. The van der Waals surface area contributed by atoms with Crippen molar-refractivity contribution in [1.29, 1.82) is 0 Å². The fourth-order valence-electron chi connectivity index (χ4n) is 2.47. The maximum absolute atomic E-state index is 11.8. The van der Waals surface area contributed by atoms with Gasteiger partial charge in [-0.2, -0.15) is 0 Å². The van der Waals surface area contributed by atoms with Gasteiger partial charge in [-0.1, -0.05) is 30.3 Å². The molecule has 1 aliphatic heterocycles. The lowest BCUT2D eigenvalue weighted by Gasteiger charge is -2.46. The molecule has 0 aliphatic carbocycles. The Balaban J connectivity index is 2.24. The topological polar surface area (TPSA) is 81.9 Å². The van der Waals surface area contributed by atoms with Gasteiger partial charge in [-0.15, -0.1) is 10.1 Å². The zero-order valence-electron chi connectivity index (χ0n) is 11.3. The Kier molecular flexibility index (Phi) is 3.89. The van der Waals surface area contributed by atoms with Gasteiger partial charge in [0.15, 0.2) is 0 Å². The van der Waals surface area contributed by atoms with Crippen LogP contribution in [0.2, 0.25) is 0 Å². The smallest absolute Gasteiger partial charge is 0.369 e. The summed E-state index contributed by atoms with van der Waals surface area (Å²) in [5, 5.41) is 9.23. The standard InChI is InChI=1S/C13H16N2O5/c1-13(2)11(10-6-4-3-5-7-10)19-9-8-14(13)12(16)20-15(17)18/h3-7,11H,8-9H2,1-2H3. The van der Waals surface area contributed by atoms with Gasteiger partial charge in [0.05, 0.1) is 12.1 Å². The van der Waals surface area contributed by atoms with Crippen molar-refractivity contribution >= 4 is 6.09 Å². The van der Waals surface area contributed by atoms with Crippen LogP contribution in [0.25, 0.3) is 0 Å². The first-order valence-electron chi connectivity index (χ1n) is 6.23. The first kappa shape index (κ1) is 14.3. The predicted molar refractivity (Wildman–Crippen MR) is 69.4 cm³/mol. The van der Waals surface area contributed by atoms with Crippen molar-refractivity contribution in [3.8, 4) is 0 Å². The third kappa shape index (κ3) is 2.72. The van der Waals surface area contributed by atoms with Crippen molar-refractivity contribution in [1.82, 2.24) is 4.90 Å². The maximum Gasteiger partial charge on any atom is 0.399 e. The summed E-state index contributed by atoms with van der Waals surface area (Å²) in [4.78, 5) is 27.5. The Bertz CT molecular complexity index is 503. The molecule has 0 bridgehead atoms. The van der Waals surface area contributed by atoms with Crippen molar-refractivity contribution in [3.63, 3.8) is 0 Å². The highest BCUT2D eigenvalue weighted by atomic mass is 17.0. The molecule has 7 nitrogen and oxygen atoms in total. The van der Waals surface area contributed by atoms with Crippen LogP contribution in [0.4, 0.5) is 4.79 Å². The van der Waals surface area contributed by atoms with Gasteiger partial charge in [-0.25, -0.2) is 9.63 Å². The van der Waals surface area contributed by atoms with E-state index in [2.05, 4.69) is 4.84 Å². The largest absolute Gasteiger partial charge is 0.399 e. The lowest BCUT2D eigenvalue weighted by atomic mass is 9.88. The fourth-order valence-corrected chi connectivity index (χ4v) is 2.47. The molecular formula is C13H16N2O5. The number of hydrogen-bond donors (Lipinski definition) is 0. The van der Waals surface area contributed by atoms with E-state index in [1.807, 2.05) is 30.3 Å². The van der Waals surface area contributed by atoms with Crippen molar-refractivity contribution in [2.75, 3.05) is 13.2 Å². The molecule has 1 atom stereocenters. The van der Waals surface area contributed by atoms with Crippen LogP contribution >= 0.6 is 0 Å². The normalized spacial score (nSPS) is 21.3. The molecule has 7 heteroatoms. The van der Waals surface area contributed by atoms with Crippen LogP contribution in [0.5, 0.6) is 0 Å². The quantitative estimate of drug-likeness (QED) is 0.612. The van der Waals surface area contributed by atoms with Gasteiger partial charge in [0.25, 0.3) is 0 Å². The highest BCUT2D eigenvalue weighted by Gasteiger charge is 2.43. The van der Waals surface area contributed by atoms with Crippen LogP contribution in [0, 0.1) is 10.1 Å². The van der Waals surface area contributed by atoms with Crippen LogP contribution in [0.1, 0.15) is 25.5 Å². The summed E-state index contributed by atoms with van der Waals surface area (Å²) in [6.45, 7) is 4.15.